The molecule has 2 heterocycles. The number of carbonyl (C=O) groups is 1. The van der Waals surface area contributed by atoms with Crippen molar-refractivity contribution in [2.45, 2.75) is 44.6 Å². The molecule has 0 radical (unpaired) electrons. The minimum Gasteiger partial charge on any atom is -0.376 e. The number of hydrogen-bond acceptors (Lipinski definition) is 3. The molecular formula is C13H25ClN2O2. The molecule has 106 valence electrons. The molecule has 2 saturated heterocycles. The van der Waals surface area contributed by atoms with Gasteiger partial charge in [0.15, 0.2) is 0 Å². The summed E-state index contributed by atoms with van der Waals surface area (Å²) in [6.45, 7) is 3.67. The van der Waals surface area contributed by atoms with Gasteiger partial charge in [0.05, 0.1) is 6.10 Å². The number of piperidine rings is 1. The van der Waals surface area contributed by atoms with Crippen LogP contribution < -0.4 is 10.6 Å². The molecule has 2 aliphatic heterocycles. The smallest absolute Gasteiger partial charge is 0.220 e. The molecule has 2 aliphatic rings. The average molecular weight is 277 g/mol. The summed E-state index contributed by atoms with van der Waals surface area (Å²) in [5.74, 6) is 0.773. The lowest BCUT2D eigenvalue weighted by atomic mass is 9.94. The SMILES string of the molecule is Cl.O=C(CC1CCNCC1)NCC1CCCCO1. The van der Waals surface area contributed by atoms with Crippen LogP contribution in [0.5, 0.6) is 0 Å². The van der Waals surface area contributed by atoms with E-state index in [1.54, 1.807) is 0 Å². The molecule has 0 aromatic rings. The molecule has 1 amide bonds. The summed E-state index contributed by atoms with van der Waals surface area (Å²) >= 11 is 0. The van der Waals surface area contributed by atoms with Crippen LogP contribution in [-0.4, -0.2) is 38.3 Å². The van der Waals surface area contributed by atoms with Crippen LogP contribution in [0.2, 0.25) is 0 Å². The number of ether oxygens (including phenoxy) is 1. The maximum absolute atomic E-state index is 11.8. The highest BCUT2D eigenvalue weighted by Crippen LogP contribution is 2.16. The second-order valence-electron chi connectivity index (χ2n) is 5.19. The number of nitrogens with one attached hydrogen (secondary N) is 2. The summed E-state index contributed by atoms with van der Waals surface area (Å²) in [7, 11) is 0. The van der Waals surface area contributed by atoms with Gasteiger partial charge in [0.1, 0.15) is 0 Å². The lowest BCUT2D eigenvalue weighted by Crippen LogP contribution is -2.37. The predicted molar refractivity (Wildman–Crippen MR) is 74.1 cm³/mol. The zero-order valence-electron chi connectivity index (χ0n) is 11.0. The molecule has 0 spiro atoms. The van der Waals surface area contributed by atoms with Gasteiger partial charge in [-0.1, -0.05) is 0 Å². The van der Waals surface area contributed by atoms with Gasteiger partial charge in [0.2, 0.25) is 5.91 Å². The Morgan fingerprint density at radius 2 is 2.00 bits per heavy atom. The maximum atomic E-state index is 11.8. The Kier molecular flexibility index (Phi) is 7.63. The van der Waals surface area contributed by atoms with Gasteiger partial charge >= 0.3 is 0 Å². The van der Waals surface area contributed by atoms with Crippen LogP contribution in [0.25, 0.3) is 0 Å². The lowest BCUT2D eigenvalue weighted by Gasteiger charge is -2.24. The third kappa shape index (κ3) is 5.55. The summed E-state index contributed by atoms with van der Waals surface area (Å²) in [5.41, 5.74) is 0. The van der Waals surface area contributed by atoms with Gasteiger partial charge in [-0.3, -0.25) is 4.79 Å². The second-order valence-corrected chi connectivity index (χ2v) is 5.19. The van der Waals surface area contributed by atoms with E-state index in [1.807, 2.05) is 0 Å². The van der Waals surface area contributed by atoms with Crippen LogP contribution in [-0.2, 0) is 9.53 Å². The van der Waals surface area contributed by atoms with E-state index >= 15 is 0 Å². The minimum absolute atomic E-state index is 0. The van der Waals surface area contributed by atoms with E-state index in [0.29, 0.717) is 18.9 Å². The summed E-state index contributed by atoms with van der Waals surface area (Å²) in [5, 5.41) is 6.34. The fourth-order valence-electron chi connectivity index (χ4n) is 2.62. The topological polar surface area (TPSA) is 50.4 Å². The van der Waals surface area contributed by atoms with Gasteiger partial charge < -0.3 is 15.4 Å². The quantitative estimate of drug-likeness (QED) is 0.818. The van der Waals surface area contributed by atoms with E-state index in [2.05, 4.69) is 10.6 Å². The minimum atomic E-state index is 0. The van der Waals surface area contributed by atoms with Crippen molar-refractivity contribution in [3.8, 4) is 0 Å². The van der Waals surface area contributed by atoms with E-state index in [4.69, 9.17) is 4.74 Å². The Balaban J connectivity index is 0.00000162. The molecule has 2 rings (SSSR count). The zero-order valence-corrected chi connectivity index (χ0v) is 11.8. The molecule has 2 N–H and O–H groups in total. The molecule has 1 unspecified atom stereocenters. The number of amides is 1. The summed E-state index contributed by atoms with van der Waals surface area (Å²) in [4.78, 5) is 11.8. The van der Waals surface area contributed by atoms with Gasteiger partial charge in [0, 0.05) is 19.6 Å². The van der Waals surface area contributed by atoms with Gasteiger partial charge in [-0.15, -0.1) is 12.4 Å². The van der Waals surface area contributed by atoms with E-state index in [9.17, 15) is 4.79 Å². The summed E-state index contributed by atoms with van der Waals surface area (Å²) < 4.78 is 5.59. The number of hydrogen-bond donors (Lipinski definition) is 2. The molecular weight excluding hydrogens is 252 g/mol. The van der Waals surface area contributed by atoms with E-state index in [0.717, 1.165) is 39.0 Å². The van der Waals surface area contributed by atoms with Crippen molar-refractivity contribution in [1.82, 2.24) is 10.6 Å². The predicted octanol–water partition coefficient (Wildman–Crippen LogP) is 1.48. The third-order valence-corrected chi connectivity index (χ3v) is 3.73. The highest BCUT2D eigenvalue weighted by atomic mass is 35.5. The van der Waals surface area contributed by atoms with Crippen LogP contribution in [0.15, 0.2) is 0 Å². The number of rotatable bonds is 4. The molecule has 18 heavy (non-hydrogen) atoms. The first-order chi connectivity index (χ1) is 8.34. The Labute approximate surface area is 116 Å². The van der Waals surface area contributed by atoms with Crippen molar-refractivity contribution < 1.29 is 9.53 Å². The molecule has 0 aromatic heterocycles. The highest BCUT2D eigenvalue weighted by molar-refractivity contribution is 5.85. The van der Waals surface area contributed by atoms with Crippen LogP contribution in [0.3, 0.4) is 0 Å². The van der Waals surface area contributed by atoms with Crippen LogP contribution in [0.4, 0.5) is 0 Å². The second kappa shape index (κ2) is 8.73. The standard InChI is InChI=1S/C13H24N2O2.ClH/c16-13(9-11-4-6-14-7-5-11)15-10-12-3-1-2-8-17-12;/h11-12,14H,1-10H2,(H,15,16);1H. The van der Waals surface area contributed by atoms with Gasteiger partial charge in [-0.05, 0) is 51.1 Å². The van der Waals surface area contributed by atoms with Gasteiger partial charge in [0.25, 0.3) is 0 Å². The zero-order chi connectivity index (χ0) is 11.9. The Hall–Kier alpha value is -0.320. The molecule has 0 aliphatic carbocycles. The monoisotopic (exact) mass is 276 g/mol. The number of carbonyl (C=O) groups excluding carboxylic acids is 1. The van der Waals surface area contributed by atoms with Crippen LogP contribution >= 0.6 is 12.4 Å². The molecule has 4 nitrogen and oxygen atoms in total. The first-order valence-electron chi connectivity index (χ1n) is 6.93. The van der Waals surface area contributed by atoms with Crippen LogP contribution in [0, 0.1) is 5.92 Å². The average Bonchev–Trinajstić information content (AvgIpc) is 2.39. The van der Waals surface area contributed by atoms with Crippen molar-refractivity contribution in [2.75, 3.05) is 26.2 Å². The summed E-state index contributed by atoms with van der Waals surface area (Å²) in [6.07, 6.45) is 6.69. The third-order valence-electron chi connectivity index (χ3n) is 3.73. The van der Waals surface area contributed by atoms with E-state index in [-0.39, 0.29) is 24.4 Å². The first kappa shape index (κ1) is 15.7. The summed E-state index contributed by atoms with van der Waals surface area (Å²) in [6, 6.07) is 0. The fraction of sp³-hybridized carbons (Fsp3) is 0.923. The van der Waals surface area contributed by atoms with Gasteiger partial charge in [-0.25, -0.2) is 0 Å². The molecule has 0 saturated carbocycles. The lowest BCUT2D eigenvalue weighted by molar-refractivity contribution is -0.123. The van der Waals surface area contributed by atoms with Crippen molar-refractivity contribution in [1.29, 1.82) is 0 Å². The van der Waals surface area contributed by atoms with E-state index in [1.165, 1.54) is 12.8 Å². The van der Waals surface area contributed by atoms with Gasteiger partial charge in [-0.2, -0.15) is 0 Å². The maximum Gasteiger partial charge on any atom is 0.220 e. The van der Waals surface area contributed by atoms with E-state index < -0.39 is 0 Å². The molecule has 0 aromatic carbocycles. The first-order valence-corrected chi connectivity index (χ1v) is 6.93. The Morgan fingerprint density at radius 1 is 1.22 bits per heavy atom. The van der Waals surface area contributed by atoms with Crippen molar-refractivity contribution in [3.05, 3.63) is 0 Å². The fourth-order valence-corrected chi connectivity index (χ4v) is 2.62. The largest absolute Gasteiger partial charge is 0.376 e. The van der Waals surface area contributed by atoms with Crippen molar-refractivity contribution in [2.24, 2.45) is 5.92 Å². The molecule has 0 bridgehead atoms. The Bertz CT molecular complexity index is 239. The molecule has 2 fully saturated rings. The number of halogens is 1. The Morgan fingerprint density at radius 3 is 2.67 bits per heavy atom. The normalized spacial score (nSPS) is 25.2. The molecule has 1 atom stereocenters. The van der Waals surface area contributed by atoms with Crippen molar-refractivity contribution >= 4 is 18.3 Å². The highest BCUT2D eigenvalue weighted by Gasteiger charge is 2.18. The molecule has 5 heteroatoms. The van der Waals surface area contributed by atoms with Crippen molar-refractivity contribution in [3.63, 3.8) is 0 Å². The van der Waals surface area contributed by atoms with Crippen LogP contribution in [0.1, 0.15) is 38.5 Å².